The van der Waals surface area contributed by atoms with Crippen molar-refractivity contribution in [3.63, 3.8) is 0 Å². The van der Waals surface area contributed by atoms with E-state index in [4.69, 9.17) is 29.4 Å². The Bertz CT molecular complexity index is 303. The number of hydrogen-bond acceptors (Lipinski definition) is 7. The van der Waals surface area contributed by atoms with Crippen LogP contribution in [-0.4, -0.2) is 77.6 Å². The summed E-state index contributed by atoms with van der Waals surface area (Å²) in [4.78, 5) is 11.2. The fourth-order valence-corrected chi connectivity index (χ4v) is 1.56. The summed E-state index contributed by atoms with van der Waals surface area (Å²) < 4.78 is 25.8. The molecule has 0 aromatic heterocycles. The smallest absolute Gasteiger partial charge is 0.407 e. The fourth-order valence-electron chi connectivity index (χ4n) is 1.56. The third-order valence-electron chi connectivity index (χ3n) is 2.62. The van der Waals surface area contributed by atoms with E-state index in [1.807, 2.05) is 20.8 Å². The highest BCUT2D eigenvalue weighted by Crippen LogP contribution is 2.05. The first-order valence-corrected chi connectivity index (χ1v) is 9.85. The number of rotatable bonds is 15. The van der Waals surface area contributed by atoms with Crippen LogP contribution in [0.1, 0.15) is 47.5 Å². The summed E-state index contributed by atoms with van der Waals surface area (Å²) in [6.07, 6.45) is 1.67. The van der Waals surface area contributed by atoms with E-state index in [9.17, 15) is 4.79 Å². The molecule has 0 radical (unpaired) electrons. The summed E-state index contributed by atoms with van der Waals surface area (Å²) in [5, 5.41) is 2.61. The number of carbonyl (C=O) groups is 1. The zero-order valence-electron chi connectivity index (χ0n) is 18.0. The van der Waals surface area contributed by atoms with Gasteiger partial charge in [-0.3, -0.25) is 0 Å². The van der Waals surface area contributed by atoms with Crippen LogP contribution in [0.3, 0.4) is 0 Å². The van der Waals surface area contributed by atoms with E-state index in [1.54, 1.807) is 0 Å². The Morgan fingerprint density at radius 1 is 0.778 bits per heavy atom. The molecule has 164 valence electrons. The van der Waals surface area contributed by atoms with Crippen LogP contribution in [0.2, 0.25) is 0 Å². The first kappa shape index (κ1) is 28.3. The fraction of sp³-hybridized carbons (Fsp3) is 0.947. The number of hydrogen-bond donors (Lipinski definition) is 2. The summed E-state index contributed by atoms with van der Waals surface area (Å²) >= 11 is 0. The first-order valence-electron chi connectivity index (χ1n) is 9.85. The molecule has 0 atom stereocenters. The third-order valence-corrected chi connectivity index (χ3v) is 2.62. The maximum absolute atomic E-state index is 11.2. The van der Waals surface area contributed by atoms with E-state index in [1.165, 1.54) is 0 Å². The highest BCUT2D eigenvalue weighted by Gasteiger charge is 2.15. The second kappa shape index (κ2) is 21.4. The Kier molecular flexibility index (Phi) is 22.4. The van der Waals surface area contributed by atoms with Gasteiger partial charge in [0, 0.05) is 26.3 Å². The van der Waals surface area contributed by atoms with Crippen LogP contribution in [0.15, 0.2) is 0 Å². The van der Waals surface area contributed by atoms with Gasteiger partial charge in [-0.25, -0.2) is 4.79 Å². The van der Waals surface area contributed by atoms with Crippen LogP contribution in [0.4, 0.5) is 4.79 Å². The molecule has 8 heteroatoms. The molecule has 1 amide bonds. The lowest BCUT2D eigenvalue weighted by molar-refractivity contribution is 0.0399. The minimum atomic E-state index is -0.459. The van der Waals surface area contributed by atoms with Gasteiger partial charge < -0.3 is 34.7 Å². The Morgan fingerprint density at radius 2 is 1.22 bits per heavy atom. The number of carbonyl (C=O) groups excluding carboxylic acids is 1. The number of amides is 1. The van der Waals surface area contributed by atoms with Gasteiger partial charge >= 0.3 is 6.09 Å². The lowest BCUT2D eigenvalue weighted by Gasteiger charge is -2.19. The van der Waals surface area contributed by atoms with Gasteiger partial charge in [-0.05, 0) is 33.6 Å². The van der Waals surface area contributed by atoms with Gasteiger partial charge in [-0.1, -0.05) is 13.8 Å². The standard InChI is InChI=1S/C12H25NO4.C7H17NO2/c1-5-7-15-9-10-16-8-6-13-11(14)17-12(2,3)4;1-2-4-9-6-7-10-5-3-8/h5-10H2,1-4H3,(H,13,14);2-8H2,1H3. The normalized spacial score (nSPS) is 10.9. The van der Waals surface area contributed by atoms with E-state index in [-0.39, 0.29) is 0 Å². The predicted octanol–water partition coefficient (Wildman–Crippen LogP) is 2.34. The van der Waals surface area contributed by atoms with Crippen LogP contribution in [0.25, 0.3) is 0 Å². The molecule has 0 heterocycles. The van der Waals surface area contributed by atoms with Crippen LogP contribution < -0.4 is 11.1 Å². The summed E-state index contributed by atoms with van der Waals surface area (Å²) in [7, 11) is 0. The molecule has 0 rings (SSSR count). The molecule has 0 unspecified atom stereocenters. The summed E-state index contributed by atoms with van der Waals surface area (Å²) in [5.74, 6) is 0. The quantitative estimate of drug-likeness (QED) is 0.411. The molecule has 0 aliphatic carbocycles. The predicted molar refractivity (Wildman–Crippen MR) is 107 cm³/mol. The van der Waals surface area contributed by atoms with Gasteiger partial charge in [0.05, 0.1) is 39.6 Å². The van der Waals surface area contributed by atoms with Gasteiger partial charge in [0.25, 0.3) is 0 Å². The minimum Gasteiger partial charge on any atom is -0.444 e. The molecule has 3 N–H and O–H groups in total. The van der Waals surface area contributed by atoms with E-state index < -0.39 is 11.7 Å². The summed E-state index contributed by atoms with van der Waals surface area (Å²) in [6, 6.07) is 0. The topological polar surface area (TPSA) is 101 Å². The summed E-state index contributed by atoms with van der Waals surface area (Å²) in [5.41, 5.74) is 4.74. The largest absolute Gasteiger partial charge is 0.444 e. The second-order valence-corrected chi connectivity index (χ2v) is 6.67. The van der Waals surface area contributed by atoms with Gasteiger partial charge in [0.15, 0.2) is 0 Å². The van der Waals surface area contributed by atoms with Gasteiger partial charge in [-0.15, -0.1) is 0 Å². The Morgan fingerprint density at radius 3 is 1.63 bits per heavy atom. The molecule has 0 saturated heterocycles. The molecule has 0 aromatic rings. The van der Waals surface area contributed by atoms with E-state index in [0.29, 0.717) is 52.7 Å². The molecule has 0 spiro atoms. The number of nitrogens with two attached hydrogens (primary N) is 1. The summed E-state index contributed by atoms with van der Waals surface area (Å²) in [6.45, 7) is 15.9. The van der Waals surface area contributed by atoms with Crippen LogP contribution >= 0.6 is 0 Å². The van der Waals surface area contributed by atoms with Crippen molar-refractivity contribution < 1.29 is 28.5 Å². The average Bonchev–Trinajstić information content (AvgIpc) is 2.59. The van der Waals surface area contributed by atoms with E-state index >= 15 is 0 Å². The maximum atomic E-state index is 11.2. The van der Waals surface area contributed by atoms with Crippen molar-refractivity contribution in [2.45, 2.75) is 53.1 Å². The highest BCUT2D eigenvalue weighted by molar-refractivity contribution is 5.67. The Hall–Kier alpha value is -0.930. The van der Waals surface area contributed by atoms with E-state index in [2.05, 4.69) is 19.2 Å². The number of ether oxygens (including phenoxy) is 5. The number of nitrogens with one attached hydrogen (secondary N) is 1. The average molecular weight is 395 g/mol. The van der Waals surface area contributed by atoms with Crippen LogP contribution in [0.5, 0.6) is 0 Å². The molecule has 0 bridgehead atoms. The van der Waals surface area contributed by atoms with Crippen molar-refractivity contribution in [1.29, 1.82) is 0 Å². The molecule has 0 aliphatic rings. The van der Waals surface area contributed by atoms with Crippen molar-refractivity contribution in [1.82, 2.24) is 5.32 Å². The van der Waals surface area contributed by atoms with Crippen molar-refractivity contribution >= 4 is 6.09 Å². The van der Waals surface area contributed by atoms with Crippen LogP contribution in [-0.2, 0) is 23.7 Å². The van der Waals surface area contributed by atoms with Crippen molar-refractivity contribution in [2.24, 2.45) is 5.73 Å². The van der Waals surface area contributed by atoms with Gasteiger partial charge in [-0.2, -0.15) is 0 Å². The molecule has 8 nitrogen and oxygen atoms in total. The zero-order valence-corrected chi connectivity index (χ0v) is 18.0. The SMILES string of the molecule is CCCOCCOCCN.CCCOCCOCCNC(=O)OC(C)(C)C. The minimum absolute atomic E-state index is 0.414. The molecule has 0 fully saturated rings. The highest BCUT2D eigenvalue weighted by atomic mass is 16.6. The van der Waals surface area contributed by atoms with E-state index in [0.717, 1.165) is 26.1 Å². The van der Waals surface area contributed by atoms with Gasteiger partial charge in [0.2, 0.25) is 0 Å². The number of alkyl carbamates (subject to hydrolysis) is 1. The monoisotopic (exact) mass is 394 g/mol. The maximum Gasteiger partial charge on any atom is 0.407 e. The zero-order chi connectivity index (χ0) is 20.8. The van der Waals surface area contributed by atoms with Crippen molar-refractivity contribution in [3.8, 4) is 0 Å². The second-order valence-electron chi connectivity index (χ2n) is 6.67. The molecule has 27 heavy (non-hydrogen) atoms. The molecular weight excluding hydrogens is 352 g/mol. The molecule has 0 aliphatic heterocycles. The van der Waals surface area contributed by atoms with Crippen molar-refractivity contribution in [2.75, 3.05) is 65.9 Å². The molecule has 0 aromatic carbocycles. The lowest BCUT2D eigenvalue weighted by atomic mass is 10.2. The molecular formula is C19H42N2O6. The third kappa shape index (κ3) is 30.1. The Labute approximate surface area is 165 Å². The van der Waals surface area contributed by atoms with Crippen LogP contribution in [0, 0.1) is 0 Å². The molecule has 0 saturated carbocycles. The van der Waals surface area contributed by atoms with Crippen molar-refractivity contribution in [3.05, 3.63) is 0 Å². The lowest BCUT2D eigenvalue weighted by Crippen LogP contribution is -2.34. The van der Waals surface area contributed by atoms with Gasteiger partial charge in [0.1, 0.15) is 5.60 Å². The first-order chi connectivity index (χ1) is 12.9. The Balaban J connectivity index is 0.